The molecule has 1 unspecified atom stereocenters. The lowest BCUT2D eigenvalue weighted by Gasteiger charge is -2.19. The average Bonchev–Trinajstić information content (AvgIpc) is 2.50. The van der Waals surface area contributed by atoms with Crippen LogP contribution in [0.4, 0.5) is 0 Å². The van der Waals surface area contributed by atoms with Crippen LogP contribution in [0.2, 0.25) is 0 Å². The number of hydrogen-bond donors (Lipinski definition) is 2. The zero-order chi connectivity index (χ0) is 14.4. The summed E-state index contributed by atoms with van der Waals surface area (Å²) in [7, 11) is 1.62. The molecule has 0 radical (unpaired) electrons. The molecule has 0 spiro atoms. The molecule has 0 fully saturated rings. The SMILES string of the molecule is CCC(NCc1cccnc1OC)c1ccccc1O. The van der Waals surface area contributed by atoms with Crippen LogP contribution >= 0.6 is 0 Å². The number of phenols is 1. The highest BCUT2D eigenvalue weighted by Crippen LogP contribution is 2.26. The fourth-order valence-electron chi connectivity index (χ4n) is 2.23. The van der Waals surface area contributed by atoms with Gasteiger partial charge in [-0.15, -0.1) is 0 Å². The van der Waals surface area contributed by atoms with Crippen molar-refractivity contribution >= 4 is 0 Å². The van der Waals surface area contributed by atoms with Gasteiger partial charge in [-0.25, -0.2) is 4.98 Å². The van der Waals surface area contributed by atoms with Gasteiger partial charge >= 0.3 is 0 Å². The number of pyridine rings is 1. The fraction of sp³-hybridized carbons (Fsp3) is 0.312. The van der Waals surface area contributed by atoms with Crippen molar-refractivity contribution in [3.8, 4) is 11.6 Å². The van der Waals surface area contributed by atoms with Gasteiger partial charge in [0.05, 0.1) is 7.11 Å². The van der Waals surface area contributed by atoms with E-state index in [-0.39, 0.29) is 6.04 Å². The highest BCUT2D eigenvalue weighted by Gasteiger charge is 2.13. The molecule has 2 aromatic rings. The number of nitrogens with one attached hydrogen (secondary N) is 1. The number of nitrogens with zero attached hydrogens (tertiary/aromatic N) is 1. The van der Waals surface area contributed by atoms with E-state index in [9.17, 15) is 5.11 Å². The predicted molar refractivity (Wildman–Crippen MR) is 78.8 cm³/mol. The molecule has 1 atom stereocenters. The summed E-state index contributed by atoms with van der Waals surface area (Å²) in [5.41, 5.74) is 1.92. The Labute approximate surface area is 119 Å². The minimum absolute atomic E-state index is 0.0983. The Hall–Kier alpha value is -2.07. The van der Waals surface area contributed by atoms with Crippen molar-refractivity contribution in [2.24, 2.45) is 0 Å². The zero-order valence-electron chi connectivity index (χ0n) is 11.8. The zero-order valence-corrected chi connectivity index (χ0v) is 11.8. The van der Waals surface area contributed by atoms with Gasteiger partial charge in [0, 0.05) is 29.9 Å². The topological polar surface area (TPSA) is 54.4 Å². The number of aromatic nitrogens is 1. The van der Waals surface area contributed by atoms with Crippen LogP contribution in [0.3, 0.4) is 0 Å². The third kappa shape index (κ3) is 3.27. The molecule has 106 valence electrons. The van der Waals surface area contributed by atoms with Gasteiger partial charge in [0.2, 0.25) is 5.88 Å². The van der Waals surface area contributed by atoms with Crippen LogP contribution in [0.5, 0.6) is 11.6 Å². The van der Waals surface area contributed by atoms with E-state index in [0.29, 0.717) is 18.2 Å². The highest BCUT2D eigenvalue weighted by molar-refractivity contribution is 5.34. The Morgan fingerprint density at radius 3 is 2.75 bits per heavy atom. The van der Waals surface area contributed by atoms with Crippen LogP contribution < -0.4 is 10.1 Å². The standard InChI is InChI=1S/C16H20N2O2/c1-3-14(13-8-4-5-9-15(13)19)18-11-12-7-6-10-17-16(12)20-2/h4-10,14,18-19H,3,11H2,1-2H3. The summed E-state index contributed by atoms with van der Waals surface area (Å²) in [6, 6.07) is 11.4. The van der Waals surface area contributed by atoms with Gasteiger partial charge in [-0.1, -0.05) is 31.2 Å². The van der Waals surface area contributed by atoms with E-state index in [0.717, 1.165) is 17.5 Å². The van der Waals surface area contributed by atoms with Crippen molar-refractivity contribution in [1.82, 2.24) is 10.3 Å². The second kappa shape index (κ2) is 6.91. The first-order chi connectivity index (χ1) is 9.76. The third-order valence-corrected chi connectivity index (χ3v) is 3.30. The normalized spacial score (nSPS) is 12.1. The van der Waals surface area contributed by atoms with Crippen LogP contribution in [0.1, 0.15) is 30.5 Å². The molecule has 0 aliphatic carbocycles. The maximum atomic E-state index is 9.93. The average molecular weight is 272 g/mol. The second-order valence-electron chi connectivity index (χ2n) is 4.57. The second-order valence-corrected chi connectivity index (χ2v) is 4.57. The predicted octanol–water partition coefficient (Wildman–Crippen LogP) is 3.04. The molecule has 1 heterocycles. The molecule has 0 saturated carbocycles. The number of phenolic OH excluding ortho intramolecular Hbond substituents is 1. The molecule has 0 saturated heterocycles. The number of hydrogen-bond acceptors (Lipinski definition) is 4. The number of para-hydroxylation sites is 1. The van der Waals surface area contributed by atoms with Gasteiger partial charge in [0.1, 0.15) is 5.75 Å². The first-order valence-corrected chi connectivity index (χ1v) is 6.75. The summed E-state index contributed by atoms with van der Waals surface area (Å²) in [6.45, 7) is 2.73. The lowest BCUT2D eigenvalue weighted by atomic mass is 10.0. The van der Waals surface area contributed by atoms with Crippen molar-refractivity contribution in [1.29, 1.82) is 0 Å². The van der Waals surface area contributed by atoms with Gasteiger partial charge in [0.15, 0.2) is 0 Å². The molecule has 0 bridgehead atoms. The maximum absolute atomic E-state index is 9.93. The quantitative estimate of drug-likeness (QED) is 0.848. The molecule has 4 nitrogen and oxygen atoms in total. The van der Waals surface area contributed by atoms with E-state index in [1.165, 1.54) is 0 Å². The van der Waals surface area contributed by atoms with Crippen LogP contribution in [-0.4, -0.2) is 17.2 Å². The number of rotatable bonds is 6. The molecular weight excluding hydrogens is 252 g/mol. The van der Waals surface area contributed by atoms with Crippen LogP contribution in [0, 0.1) is 0 Å². The lowest BCUT2D eigenvalue weighted by molar-refractivity contribution is 0.387. The number of ether oxygens (including phenoxy) is 1. The molecule has 4 heteroatoms. The minimum atomic E-state index is 0.0983. The number of aromatic hydroxyl groups is 1. The van der Waals surface area contributed by atoms with Gasteiger partial charge < -0.3 is 15.2 Å². The Morgan fingerprint density at radius 2 is 2.05 bits per heavy atom. The summed E-state index contributed by atoms with van der Waals surface area (Å²) < 4.78 is 5.24. The first kappa shape index (κ1) is 14.3. The van der Waals surface area contributed by atoms with E-state index in [2.05, 4.69) is 17.2 Å². The van der Waals surface area contributed by atoms with E-state index in [1.54, 1.807) is 19.4 Å². The molecule has 2 rings (SSSR count). The summed E-state index contributed by atoms with van der Waals surface area (Å²) in [4.78, 5) is 4.18. The third-order valence-electron chi connectivity index (χ3n) is 3.30. The highest BCUT2D eigenvalue weighted by atomic mass is 16.5. The minimum Gasteiger partial charge on any atom is -0.508 e. The molecule has 2 N–H and O–H groups in total. The Morgan fingerprint density at radius 1 is 1.25 bits per heavy atom. The molecule has 1 aromatic carbocycles. The summed E-state index contributed by atoms with van der Waals surface area (Å²) >= 11 is 0. The largest absolute Gasteiger partial charge is 0.508 e. The lowest BCUT2D eigenvalue weighted by Crippen LogP contribution is -2.20. The van der Waals surface area contributed by atoms with Crippen LogP contribution in [0.25, 0.3) is 0 Å². The number of benzene rings is 1. The van der Waals surface area contributed by atoms with E-state index >= 15 is 0 Å². The van der Waals surface area contributed by atoms with Crippen LogP contribution in [-0.2, 0) is 6.54 Å². The fourth-order valence-corrected chi connectivity index (χ4v) is 2.23. The van der Waals surface area contributed by atoms with E-state index in [4.69, 9.17) is 4.74 Å². The Kier molecular flexibility index (Phi) is 4.96. The van der Waals surface area contributed by atoms with Crippen molar-refractivity contribution in [2.45, 2.75) is 25.9 Å². The molecule has 20 heavy (non-hydrogen) atoms. The van der Waals surface area contributed by atoms with Crippen molar-refractivity contribution < 1.29 is 9.84 Å². The Balaban J connectivity index is 2.10. The van der Waals surface area contributed by atoms with E-state index in [1.807, 2.05) is 30.3 Å². The van der Waals surface area contributed by atoms with Crippen molar-refractivity contribution in [3.05, 3.63) is 53.7 Å². The maximum Gasteiger partial charge on any atom is 0.217 e. The van der Waals surface area contributed by atoms with Crippen LogP contribution in [0.15, 0.2) is 42.6 Å². The molecule has 0 aliphatic heterocycles. The Bertz CT molecular complexity index is 558. The molecule has 1 aromatic heterocycles. The monoisotopic (exact) mass is 272 g/mol. The van der Waals surface area contributed by atoms with E-state index < -0.39 is 0 Å². The van der Waals surface area contributed by atoms with Crippen molar-refractivity contribution in [2.75, 3.05) is 7.11 Å². The van der Waals surface area contributed by atoms with Gasteiger partial charge in [-0.2, -0.15) is 0 Å². The number of methoxy groups -OCH3 is 1. The molecule has 0 amide bonds. The summed E-state index contributed by atoms with van der Waals surface area (Å²) in [6.07, 6.45) is 2.60. The smallest absolute Gasteiger partial charge is 0.217 e. The summed E-state index contributed by atoms with van der Waals surface area (Å²) in [5.74, 6) is 0.956. The summed E-state index contributed by atoms with van der Waals surface area (Å²) in [5, 5.41) is 13.4. The van der Waals surface area contributed by atoms with Crippen molar-refractivity contribution in [3.63, 3.8) is 0 Å². The van der Waals surface area contributed by atoms with Gasteiger partial charge in [-0.3, -0.25) is 0 Å². The molecule has 0 aliphatic rings. The van der Waals surface area contributed by atoms with Gasteiger partial charge in [-0.05, 0) is 18.6 Å². The first-order valence-electron chi connectivity index (χ1n) is 6.75. The molecular formula is C16H20N2O2. The van der Waals surface area contributed by atoms with Gasteiger partial charge in [0.25, 0.3) is 0 Å².